The lowest BCUT2D eigenvalue weighted by atomic mass is 10.0. The van der Waals surface area contributed by atoms with Crippen LogP contribution in [0.5, 0.6) is 5.75 Å². The molecule has 0 atom stereocenters. The quantitative estimate of drug-likeness (QED) is 0.458. The number of anilines is 1. The highest BCUT2D eigenvalue weighted by Crippen LogP contribution is 2.32. The lowest BCUT2D eigenvalue weighted by Crippen LogP contribution is -2.24. The third-order valence-electron chi connectivity index (χ3n) is 5.95. The third kappa shape index (κ3) is 3.94. The average Bonchev–Trinajstić information content (AvgIpc) is 3.43. The molecule has 35 heavy (non-hydrogen) atoms. The molecule has 2 aromatic carbocycles. The van der Waals surface area contributed by atoms with E-state index in [1.54, 1.807) is 23.6 Å². The molecule has 1 aliphatic rings. The van der Waals surface area contributed by atoms with E-state index in [0.29, 0.717) is 47.2 Å². The van der Waals surface area contributed by atoms with Gasteiger partial charge in [-0.2, -0.15) is 0 Å². The second kappa shape index (κ2) is 8.61. The van der Waals surface area contributed by atoms with E-state index in [0.717, 1.165) is 22.6 Å². The monoisotopic (exact) mass is 481 g/mol. The van der Waals surface area contributed by atoms with Crippen LogP contribution in [0.15, 0.2) is 36.7 Å². The van der Waals surface area contributed by atoms with Crippen LogP contribution in [0.1, 0.15) is 27.2 Å². The molecule has 7 nitrogen and oxygen atoms in total. The lowest BCUT2D eigenvalue weighted by Gasteiger charge is -2.14. The molecule has 0 fully saturated rings. The number of amides is 1. The molecule has 5 rings (SSSR count). The molecule has 0 unspecified atom stereocenters. The van der Waals surface area contributed by atoms with Crippen LogP contribution in [-0.2, 0) is 13.0 Å². The molecule has 0 spiro atoms. The van der Waals surface area contributed by atoms with Crippen molar-refractivity contribution in [2.24, 2.45) is 0 Å². The number of hydrogen-bond acceptors (Lipinski definition) is 5. The summed E-state index contributed by atoms with van der Waals surface area (Å²) in [5, 5.41) is 3.14. The van der Waals surface area contributed by atoms with E-state index in [1.165, 1.54) is 26.4 Å². The summed E-state index contributed by atoms with van der Waals surface area (Å²) >= 11 is 0. The number of carbonyl (C=O) groups excluding carboxylic acids is 1. The van der Waals surface area contributed by atoms with Gasteiger partial charge >= 0.3 is 0 Å². The van der Waals surface area contributed by atoms with Gasteiger partial charge in [-0.1, -0.05) is 0 Å². The van der Waals surface area contributed by atoms with Crippen LogP contribution in [0.2, 0.25) is 0 Å². The maximum absolute atomic E-state index is 14.8. The van der Waals surface area contributed by atoms with E-state index in [1.807, 2.05) is 0 Å². The van der Waals surface area contributed by atoms with Crippen LogP contribution >= 0.6 is 0 Å². The van der Waals surface area contributed by atoms with Gasteiger partial charge in [-0.3, -0.25) is 9.20 Å². The van der Waals surface area contributed by atoms with E-state index >= 15 is 0 Å². The number of ether oxygens (including phenoxy) is 1. The maximum atomic E-state index is 14.8. The topological polar surface area (TPSA) is 71.8 Å². The minimum absolute atomic E-state index is 0.168. The summed E-state index contributed by atoms with van der Waals surface area (Å²) in [5.74, 6) is -1.99. The summed E-state index contributed by atoms with van der Waals surface area (Å²) in [5.41, 5.74) is 2.34. The highest BCUT2D eigenvalue weighted by atomic mass is 19.1. The zero-order valence-corrected chi connectivity index (χ0v) is 19.3. The van der Waals surface area contributed by atoms with E-state index < -0.39 is 23.1 Å². The number of aryl methyl sites for hydroxylation is 1. The van der Waals surface area contributed by atoms with Crippen molar-refractivity contribution in [3.8, 4) is 16.9 Å². The van der Waals surface area contributed by atoms with E-state index in [4.69, 9.17) is 4.74 Å². The van der Waals surface area contributed by atoms with Crippen molar-refractivity contribution in [3.05, 3.63) is 76.5 Å². The lowest BCUT2D eigenvalue weighted by molar-refractivity contribution is 0.0818. The highest BCUT2D eigenvalue weighted by molar-refractivity contribution is 5.95. The number of hydrogen-bond donors (Lipinski definition) is 1. The van der Waals surface area contributed by atoms with Crippen LogP contribution in [-0.4, -0.2) is 45.9 Å². The molecule has 3 heterocycles. The molecule has 0 radical (unpaired) electrons. The first-order valence-electron chi connectivity index (χ1n) is 11.0. The SMILES string of the molecule is Cc1cn2c(NCc3c(F)ccc4c3CCO4)ncc(-c3cc(F)c(C(=O)N(C)C)c(F)c3)c2n1. The van der Waals surface area contributed by atoms with E-state index in [2.05, 4.69) is 15.3 Å². The first-order valence-corrected chi connectivity index (χ1v) is 11.0. The highest BCUT2D eigenvalue weighted by Gasteiger charge is 2.23. The number of halogens is 3. The Morgan fingerprint density at radius 1 is 1.17 bits per heavy atom. The molecule has 1 aliphatic heterocycles. The molecular formula is C25H22F3N5O2. The molecule has 0 saturated heterocycles. The Labute approximate surface area is 199 Å². The minimum atomic E-state index is -0.974. The first kappa shape index (κ1) is 22.7. The molecule has 10 heteroatoms. The summed E-state index contributed by atoms with van der Waals surface area (Å²) in [6, 6.07) is 5.19. The van der Waals surface area contributed by atoms with Crippen LogP contribution in [0.25, 0.3) is 16.8 Å². The number of benzene rings is 2. The second-order valence-corrected chi connectivity index (χ2v) is 8.54. The van der Waals surface area contributed by atoms with Gasteiger partial charge in [0.1, 0.15) is 34.4 Å². The Morgan fingerprint density at radius 3 is 2.63 bits per heavy atom. The van der Waals surface area contributed by atoms with Crippen molar-refractivity contribution in [1.82, 2.24) is 19.3 Å². The Morgan fingerprint density at radius 2 is 1.91 bits per heavy atom. The van der Waals surface area contributed by atoms with E-state index in [-0.39, 0.29) is 17.9 Å². The van der Waals surface area contributed by atoms with Crippen LogP contribution in [0.4, 0.5) is 19.1 Å². The van der Waals surface area contributed by atoms with E-state index in [9.17, 15) is 18.0 Å². The van der Waals surface area contributed by atoms with Crippen molar-refractivity contribution in [2.75, 3.05) is 26.0 Å². The summed E-state index contributed by atoms with van der Waals surface area (Å²) < 4.78 is 51.2. The number of aromatic nitrogens is 3. The fourth-order valence-electron chi connectivity index (χ4n) is 4.26. The first-order chi connectivity index (χ1) is 16.7. The van der Waals surface area contributed by atoms with Crippen molar-refractivity contribution in [1.29, 1.82) is 0 Å². The number of fused-ring (bicyclic) bond motifs is 2. The Balaban J connectivity index is 1.52. The maximum Gasteiger partial charge on any atom is 0.259 e. The number of rotatable bonds is 5. The molecule has 0 aliphatic carbocycles. The summed E-state index contributed by atoms with van der Waals surface area (Å²) in [4.78, 5) is 22.2. The average molecular weight is 481 g/mol. The molecule has 4 aromatic rings. The van der Waals surface area contributed by atoms with Crippen LogP contribution in [0, 0.1) is 24.4 Å². The van der Waals surface area contributed by atoms with Crippen LogP contribution in [0.3, 0.4) is 0 Å². The predicted octanol–water partition coefficient (Wildman–Crippen LogP) is 4.37. The largest absolute Gasteiger partial charge is 0.493 e. The van der Waals surface area contributed by atoms with Gasteiger partial charge in [0.05, 0.1) is 12.3 Å². The molecule has 1 N–H and O–H groups in total. The zero-order chi connectivity index (χ0) is 24.9. The molecule has 0 bridgehead atoms. The molecular weight excluding hydrogens is 459 g/mol. The number of nitrogens with zero attached hydrogens (tertiary/aromatic N) is 4. The van der Waals surface area contributed by atoms with Gasteiger partial charge in [0.25, 0.3) is 5.91 Å². The van der Waals surface area contributed by atoms with Gasteiger partial charge in [0.2, 0.25) is 5.95 Å². The van der Waals surface area contributed by atoms with Gasteiger partial charge in [0, 0.05) is 56.1 Å². The second-order valence-electron chi connectivity index (χ2n) is 8.54. The smallest absolute Gasteiger partial charge is 0.259 e. The molecule has 2 aromatic heterocycles. The summed E-state index contributed by atoms with van der Waals surface area (Å²) in [6.45, 7) is 2.46. The van der Waals surface area contributed by atoms with Gasteiger partial charge < -0.3 is 15.0 Å². The Hall–Kier alpha value is -4.08. The summed E-state index contributed by atoms with van der Waals surface area (Å²) in [6.07, 6.45) is 3.79. The van der Waals surface area contributed by atoms with Crippen molar-refractivity contribution >= 4 is 17.5 Å². The summed E-state index contributed by atoms with van der Waals surface area (Å²) in [7, 11) is 2.84. The van der Waals surface area contributed by atoms with Crippen molar-refractivity contribution in [2.45, 2.75) is 19.9 Å². The van der Waals surface area contributed by atoms with Crippen LogP contribution < -0.4 is 10.1 Å². The fourth-order valence-corrected chi connectivity index (χ4v) is 4.26. The van der Waals surface area contributed by atoms with Gasteiger partial charge in [-0.15, -0.1) is 0 Å². The molecule has 1 amide bonds. The third-order valence-corrected chi connectivity index (χ3v) is 5.95. The predicted molar refractivity (Wildman–Crippen MR) is 124 cm³/mol. The van der Waals surface area contributed by atoms with Gasteiger partial charge in [0.15, 0.2) is 0 Å². The Kier molecular flexibility index (Phi) is 5.58. The molecule has 0 saturated carbocycles. The molecule has 180 valence electrons. The number of imidazole rings is 1. The number of carbonyl (C=O) groups is 1. The van der Waals surface area contributed by atoms with Gasteiger partial charge in [-0.25, -0.2) is 23.1 Å². The Bertz CT molecular complexity index is 1460. The zero-order valence-electron chi connectivity index (χ0n) is 19.3. The van der Waals surface area contributed by atoms with Crippen molar-refractivity contribution in [3.63, 3.8) is 0 Å². The van der Waals surface area contributed by atoms with Crippen molar-refractivity contribution < 1.29 is 22.7 Å². The van der Waals surface area contributed by atoms with Gasteiger partial charge in [-0.05, 0) is 36.8 Å². The minimum Gasteiger partial charge on any atom is -0.493 e. The number of nitrogens with one attached hydrogen (secondary N) is 1. The normalized spacial score (nSPS) is 12.5. The fraction of sp³-hybridized carbons (Fsp3) is 0.240. The standard InChI is InChI=1S/C25H22F3N5O2/c1-13-12-33-23(31-13)16(14-8-19(27)22(20(28)9-14)24(34)32(2)3)10-29-25(33)30-11-17-15-6-7-35-21(15)5-4-18(17)26/h4-5,8-10,12H,6-7,11H2,1-3H3,(H,29,30).